The predicted octanol–water partition coefficient (Wildman–Crippen LogP) is 37.6. The quantitative estimate of drug-likeness (QED) is 0.152. The number of hydrogen-bond donors (Lipinski definition) is 0. The molecular weight excluding hydrogens is 1730 g/mol. The Labute approximate surface area is 811 Å². The molecule has 0 aliphatic heterocycles. The van der Waals surface area contributed by atoms with Crippen molar-refractivity contribution in [3.63, 3.8) is 0 Å². The number of furan rings is 2. The first-order chi connectivity index (χ1) is 68.5. The standard InChI is InChI=1S/C31H22N2.C31H21NO.C31H21NS.C19H14O.C19H14S/c1-21-18-22(32-28-14-6-2-10-24(28)25-11-3-7-15-29(25)32)20-23(19-21)33-30-16-8-4-12-26(30)27-13-5-9-17-31(27)33;2*1-20-17-21(23-12-8-13-27-26-11-4-7-16-30(26)33-31(23)27)19-22(18-20)32-28-14-5-2-9-24(28)25-10-3-6-15-29(25)32;2*1-13-7-5-11-16-17-12-6-10-15(19(17)20-18(13)16)14-8-3-2-4-9-14/h2-20H,1H3;2*2-19H,1H3;2*2-12H,1H3. The van der Waals surface area contributed by atoms with Gasteiger partial charge in [-0.15, -0.1) is 22.7 Å². The fraction of sp³-hybridized carbons (Fsp3) is 0.0382. The van der Waals surface area contributed by atoms with E-state index >= 15 is 0 Å². The fourth-order valence-corrected chi connectivity index (χ4v) is 24.0. The van der Waals surface area contributed by atoms with Gasteiger partial charge in [0.15, 0.2) is 0 Å². The third kappa shape index (κ3) is 14.7. The van der Waals surface area contributed by atoms with Crippen LogP contribution in [0, 0.1) is 34.6 Å². The van der Waals surface area contributed by atoms with Crippen molar-refractivity contribution in [1.82, 2.24) is 18.3 Å². The Hall–Kier alpha value is -17.1. The molecule has 0 atom stereocenters. The lowest BCUT2D eigenvalue weighted by atomic mass is 10.00. The lowest BCUT2D eigenvalue weighted by Crippen LogP contribution is -1.99. The molecule has 0 bridgehead atoms. The number of para-hydroxylation sites is 12. The number of fused-ring (bicyclic) bond motifs is 24. The Bertz CT molecular complexity index is 9080. The molecule has 8 heteroatoms. The summed E-state index contributed by atoms with van der Waals surface area (Å²) in [6.07, 6.45) is 0. The molecule has 0 saturated heterocycles. The highest BCUT2D eigenvalue weighted by Crippen LogP contribution is 2.47. The van der Waals surface area contributed by atoms with E-state index in [1.54, 1.807) is 0 Å². The molecule has 0 radical (unpaired) electrons. The van der Waals surface area contributed by atoms with E-state index in [0.29, 0.717) is 0 Å². The van der Waals surface area contributed by atoms with Crippen LogP contribution in [0.3, 0.4) is 0 Å². The number of thiophene rings is 2. The van der Waals surface area contributed by atoms with Crippen molar-refractivity contribution in [2.75, 3.05) is 0 Å². The van der Waals surface area contributed by atoms with E-state index < -0.39 is 0 Å². The van der Waals surface area contributed by atoms with E-state index in [4.69, 9.17) is 8.83 Å². The summed E-state index contributed by atoms with van der Waals surface area (Å²) in [7, 11) is 0. The zero-order valence-corrected chi connectivity index (χ0v) is 79.0. The van der Waals surface area contributed by atoms with Crippen molar-refractivity contribution in [2.24, 2.45) is 0 Å². The molecule has 0 spiro atoms. The minimum absolute atomic E-state index is 0.926. The molecule has 29 rings (SSSR count). The van der Waals surface area contributed by atoms with Gasteiger partial charge >= 0.3 is 0 Å². The van der Waals surface area contributed by atoms with Crippen LogP contribution in [0.25, 0.3) is 239 Å². The summed E-state index contributed by atoms with van der Waals surface area (Å²) in [6.45, 7) is 10.8. The van der Waals surface area contributed by atoms with Crippen LogP contribution in [0.15, 0.2) is 476 Å². The van der Waals surface area contributed by atoms with Crippen LogP contribution >= 0.6 is 22.7 Å². The molecule has 0 saturated carbocycles. The van der Waals surface area contributed by atoms with E-state index in [9.17, 15) is 0 Å². The Kier molecular flexibility index (Phi) is 21.0. The number of rotatable bonds is 8. The largest absolute Gasteiger partial charge is 0.455 e. The summed E-state index contributed by atoms with van der Waals surface area (Å²) >= 11 is 3.80. The first-order valence-corrected chi connectivity index (χ1v) is 49.2. The Morgan fingerprint density at radius 2 is 0.453 bits per heavy atom. The van der Waals surface area contributed by atoms with Gasteiger partial charge in [0.05, 0.1) is 44.1 Å². The van der Waals surface area contributed by atoms with E-state index in [-0.39, 0.29) is 0 Å². The van der Waals surface area contributed by atoms with Crippen molar-refractivity contribution < 1.29 is 8.83 Å². The Morgan fingerprint density at radius 1 is 0.173 bits per heavy atom. The molecule has 0 aliphatic rings. The van der Waals surface area contributed by atoms with Crippen LogP contribution in [0.4, 0.5) is 0 Å². The van der Waals surface area contributed by atoms with Crippen molar-refractivity contribution >= 4 is 194 Å². The fourth-order valence-electron chi connectivity index (χ4n) is 21.5. The highest BCUT2D eigenvalue weighted by atomic mass is 32.1. The number of hydrogen-bond acceptors (Lipinski definition) is 4. The first-order valence-electron chi connectivity index (χ1n) is 47.6. The summed E-state index contributed by atoms with van der Waals surface area (Å²) in [5, 5.41) is 20.4. The monoisotopic (exact) mass is 1820 g/mol. The van der Waals surface area contributed by atoms with Gasteiger partial charge in [-0.1, -0.05) is 364 Å². The smallest absolute Gasteiger partial charge is 0.143 e. The summed E-state index contributed by atoms with van der Waals surface area (Å²) < 4.78 is 27.6. The Balaban J connectivity index is 0.0000000934. The second-order valence-electron chi connectivity index (χ2n) is 36.4. The Morgan fingerprint density at radius 3 is 0.899 bits per heavy atom. The van der Waals surface area contributed by atoms with Crippen molar-refractivity contribution in [3.8, 4) is 67.3 Å². The predicted molar refractivity (Wildman–Crippen MR) is 595 cm³/mol. The minimum atomic E-state index is 0.926. The van der Waals surface area contributed by atoms with Gasteiger partial charge in [-0.2, -0.15) is 0 Å². The van der Waals surface area contributed by atoms with E-state index in [1.807, 2.05) is 40.9 Å². The van der Waals surface area contributed by atoms with Crippen LogP contribution in [0.1, 0.15) is 27.8 Å². The molecule has 0 amide bonds. The molecule has 660 valence electrons. The molecule has 8 aromatic heterocycles. The molecule has 0 N–H and O–H groups in total. The maximum absolute atomic E-state index is 6.34. The molecule has 0 unspecified atom stereocenters. The van der Waals surface area contributed by atoms with Gasteiger partial charge in [0.25, 0.3) is 0 Å². The normalized spacial score (nSPS) is 11.6. The topological polar surface area (TPSA) is 46.0 Å². The average Bonchev–Trinajstić information content (AvgIpc) is 1.59. The molecule has 139 heavy (non-hydrogen) atoms. The summed E-state index contributed by atoms with van der Waals surface area (Å²) in [5.74, 6) is 0. The first kappa shape index (κ1) is 83.7. The zero-order valence-electron chi connectivity index (χ0n) is 77.4. The molecule has 8 heterocycles. The SMILES string of the molecule is Cc1cc(-c2cccc3c2oc2ccccc23)cc(-n2c3ccccc3c3ccccc32)c1.Cc1cc(-c2cccc3c2sc2ccccc23)cc(-n2c3ccccc3c3ccccc32)c1.Cc1cc(-n2c3ccccc3c3ccccc32)cc(-n2c3ccccc3c3ccccc32)c1.Cc1cccc2c1oc1c(-c3ccccc3)cccc12.Cc1cccc2c1sc1c(-c3ccccc3)cccc12. The van der Waals surface area contributed by atoms with Crippen LogP contribution < -0.4 is 0 Å². The van der Waals surface area contributed by atoms with Crippen LogP contribution in [0.2, 0.25) is 0 Å². The number of benzene rings is 21. The molecule has 29 aromatic rings. The highest BCUT2D eigenvalue weighted by molar-refractivity contribution is 7.27. The van der Waals surface area contributed by atoms with Crippen LogP contribution in [-0.2, 0) is 0 Å². The van der Waals surface area contributed by atoms with E-state index in [2.05, 4.69) is 502 Å². The molecular formula is C131H92N4O2S2. The lowest BCUT2D eigenvalue weighted by Gasteiger charge is -2.14. The lowest BCUT2D eigenvalue weighted by molar-refractivity contribution is 0.667. The summed E-state index contributed by atoms with van der Waals surface area (Å²) in [4.78, 5) is 0. The van der Waals surface area contributed by atoms with Gasteiger partial charge in [0.2, 0.25) is 0 Å². The average molecular weight is 1820 g/mol. The second-order valence-corrected chi connectivity index (χ2v) is 38.5. The van der Waals surface area contributed by atoms with Gasteiger partial charge in [-0.25, -0.2) is 0 Å². The van der Waals surface area contributed by atoms with Gasteiger partial charge in [-0.3, -0.25) is 0 Å². The molecule has 0 fully saturated rings. The van der Waals surface area contributed by atoms with Gasteiger partial charge in [0, 0.05) is 139 Å². The van der Waals surface area contributed by atoms with Gasteiger partial charge in [0.1, 0.15) is 22.3 Å². The highest BCUT2D eigenvalue weighted by Gasteiger charge is 2.23. The summed E-state index contributed by atoms with van der Waals surface area (Å²) in [6, 6.07) is 167. The van der Waals surface area contributed by atoms with Crippen LogP contribution in [-0.4, -0.2) is 18.3 Å². The summed E-state index contributed by atoms with van der Waals surface area (Å²) in [5.41, 5.74) is 34.5. The third-order valence-corrected chi connectivity index (χ3v) is 30.2. The van der Waals surface area contributed by atoms with Crippen molar-refractivity contribution in [3.05, 3.63) is 495 Å². The number of aryl methyl sites for hydroxylation is 5. The number of nitrogens with zero attached hydrogens (tertiary/aromatic N) is 4. The molecule has 0 aliphatic carbocycles. The van der Waals surface area contributed by atoms with Gasteiger partial charge in [-0.05, 0) is 199 Å². The second kappa shape index (κ2) is 35.0. The van der Waals surface area contributed by atoms with Gasteiger partial charge < -0.3 is 27.1 Å². The third-order valence-electron chi connectivity index (χ3n) is 27.6. The minimum Gasteiger partial charge on any atom is -0.455 e. The van der Waals surface area contributed by atoms with E-state index in [1.165, 1.54) is 211 Å². The van der Waals surface area contributed by atoms with E-state index in [0.717, 1.165) is 55.5 Å². The number of aromatic nitrogens is 4. The zero-order chi connectivity index (χ0) is 92.9. The molecule has 6 nitrogen and oxygen atoms in total. The maximum Gasteiger partial charge on any atom is 0.143 e. The van der Waals surface area contributed by atoms with Crippen molar-refractivity contribution in [1.29, 1.82) is 0 Å². The molecule has 21 aromatic carbocycles. The van der Waals surface area contributed by atoms with Crippen LogP contribution in [0.5, 0.6) is 0 Å². The van der Waals surface area contributed by atoms with Crippen molar-refractivity contribution in [2.45, 2.75) is 34.6 Å². The maximum atomic E-state index is 6.34.